The normalized spacial score (nSPS) is 13.7. The maximum Gasteiger partial charge on any atom is 0.250 e. The van der Waals surface area contributed by atoms with Gasteiger partial charge in [0.25, 0.3) is 0 Å². The Bertz CT molecular complexity index is 510. The minimum Gasteiger partial charge on any atom is -0.493 e. The highest BCUT2D eigenvalue weighted by Crippen LogP contribution is 2.05. The van der Waals surface area contributed by atoms with Gasteiger partial charge in [0, 0.05) is 17.8 Å². The summed E-state index contributed by atoms with van der Waals surface area (Å²) < 4.78 is 5.53. The molecule has 3 nitrogen and oxygen atoms in total. The van der Waals surface area contributed by atoms with E-state index in [0.29, 0.717) is 18.4 Å². The number of ether oxygens (including phenoxy) is 1. The Balaban J connectivity index is 2.22. The maximum absolute atomic E-state index is 11.2. The Morgan fingerprint density at radius 2 is 2.31 bits per heavy atom. The van der Waals surface area contributed by atoms with Gasteiger partial charge >= 0.3 is 0 Å². The van der Waals surface area contributed by atoms with Gasteiger partial charge in [-0.15, -0.1) is 0 Å². The molecule has 0 spiro atoms. The smallest absolute Gasteiger partial charge is 0.250 e. The molecule has 0 saturated heterocycles. The van der Waals surface area contributed by atoms with Gasteiger partial charge in [-0.25, -0.2) is 4.99 Å². The fourth-order valence-electron chi connectivity index (χ4n) is 1.50. The van der Waals surface area contributed by atoms with Gasteiger partial charge in [0.05, 0.1) is 12.0 Å². The Hall–Kier alpha value is -1.16. The van der Waals surface area contributed by atoms with E-state index < -0.39 is 0 Å². The van der Waals surface area contributed by atoms with E-state index in [1.165, 1.54) is 0 Å². The van der Waals surface area contributed by atoms with E-state index in [-0.39, 0.29) is 5.91 Å². The van der Waals surface area contributed by atoms with Crippen LogP contribution in [-0.4, -0.2) is 17.8 Å². The van der Waals surface area contributed by atoms with Crippen molar-refractivity contribution in [3.63, 3.8) is 0 Å². The largest absolute Gasteiger partial charge is 0.493 e. The number of rotatable bonds is 4. The molecule has 2 rings (SSSR count). The maximum atomic E-state index is 11.2. The van der Waals surface area contributed by atoms with Crippen LogP contribution >= 0.6 is 15.9 Å². The highest BCUT2D eigenvalue weighted by atomic mass is 79.9. The fourth-order valence-corrected chi connectivity index (χ4v) is 1.73. The summed E-state index contributed by atoms with van der Waals surface area (Å²) in [6.07, 6.45) is 3.25. The first-order valence-corrected chi connectivity index (χ1v) is 6.32. The summed E-state index contributed by atoms with van der Waals surface area (Å²) in [5.41, 5.74) is 0. The molecule has 0 fully saturated rings. The molecule has 0 aromatic heterocycles. The number of alkyl halides is 1. The minimum atomic E-state index is -0.0925. The van der Waals surface area contributed by atoms with E-state index in [0.717, 1.165) is 22.7 Å². The second-order valence-corrected chi connectivity index (χ2v) is 4.32. The van der Waals surface area contributed by atoms with Gasteiger partial charge in [0.1, 0.15) is 5.75 Å². The Morgan fingerprint density at radius 1 is 1.44 bits per heavy atom. The van der Waals surface area contributed by atoms with E-state index in [2.05, 4.69) is 20.9 Å². The predicted molar refractivity (Wildman–Crippen MR) is 65.2 cm³/mol. The monoisotopic (exact) mass is 281 g/mol. The average molecular weight is 282 g/mol. The zero-order chi connectivity index (χ0) is 11.4. The van der Waals surface area contributed by atoms with Crippen molar-refractivity contribution >= 4 is 27.9 Å². The first kappa shape index (κ1) is 11.3. The molecule has 1 aliphatic heterocycles. The molecule has 16 heavy (non-hydrogen) atoms. The molecule has 0 radical (unpaired) electrons. The lowest BCUT2D eigenvalue weighted by atomic mass is 10.2. The topological polar surface area (TPSA) is 38.7 Å². The van der Waals surface area contributed by atoms with Crippen molar-refractivity contribution in [3.8, 4) is 5.75 Å². The highest BCUT2D eigenvalue weighted by Gasteiger charge is 2.03. The zero-order valence-electron chi connectivity index (χ0n) is 8.78. The van der Waals surface area contributed by atoms with Crippen LogP contribution in [-0.2, 0) is 4.79 Å². The molecule has 0 bridgehead atoms. The molecular weight excluding hydrogens is 270 g/mol. The van der Waals surface area contributed by atoms with Crippen LogP contribution in [0.15, 0.2) is 23.2 Å². The third-order valence-corrected chi connectivity index (χ3v) is 2.85. The second-order valence-electron chi connectivity index (χ2n) is 3.53. The summed E-state index contributed by atoms with van der Waals surface area (Å²) in [6.45, 7) is 0.668. The lowest BCUT2D eigenvalue weighted by molar-refractivity contribution is -0.117. The number of halogens is 1. The van der Waals surface area contributed by atoms with Crippen LogP contribution in [0.4, 0.5) is 0 Å². The van der Waals surface area contributed by atoms with Crippen LogP contribution in [0.5, 0.6) is 5.75 Å². The SMILES string of the molecule is O=C1CC=c2ccc(OCCCBr)cc2=N1. The van der Waals surface area contributed by atoms with Crippen molar-refractivity contribution in [2.75, 3.05) is 11.9 Å². The Labute approximate surface area is 102 Å². The Morgan fingerprint density at radius 3 is 3.12 bits per heavy atom. The van der Waals surface area contributed by atoms with Gasteiger partial charge in [0.2, 0.25) is 5.91 Å². The molecular formula is C12H12BrNO2. The molecule has 0 atom stereocenters. The molecule has 84 valence electrons. The molecule has 1 heterocycles. The third kappa shape index (κ3) is 2.70. The van der Waals surface area contributed by atoms with E-state index in [9.17, 15) is 4.79 Å². The van der Waals surface area contributed by atoms with E-state index >= 15 is 0 Å². The summed E-state index contributed by atoms with van der Waals surface area (Å²) in [5.74, 6) is 0.677. The van der Waals surface area contributed by atoms with Crippen molar-refractivity contribution in [1.82, 2.24) is 0 Å². The Kier molecular flexibility index (Phi) is 3.72. The molecule has 1 aromatic rings. The van der Waals surface area contributed by atoms with Crippen LogP contribution in [0.2, 0.25) is 0 Å². The number of amides is 1. The lowest BCUT2D eigenvalue weighted by Crippen LogP contribution is -2.29. The minimum absolute atomic E-state index is 0.0925. The number of hydrogen-bond donors (Lipinski definition) is 0. The molecule has 0 unspecified atom stereocenters. The van der Waals surface area contributed by atoms with Crippen molar-refractivity contribution < 1.29 is 9.53 Å². The van der Waals surface area contributed by atoms with E-state index in [4.69, 9.17) is 4.74 Å². The molecule has 1 aromatic carbocycles. The summed E-state index contributed by atoms with van der Waals surface area (Å²) in [4.78, 5) is 15.1. The molecule has 0 aliphatic carbocycles. The van der Waals surface area contributed by atoms with Gasteiger partial charge < -0.3 is 4.74 Å². The van der Waals surface area contributed by atoms with Crippen molar-refractivity contribution in [1.29, 1.82) is 0 Å². The summed E-state index contributed by atoms with van der Waals surface area (Å²) in [6, 6.07) is 5.67. The fraction of sp³-hybridized carbons (Fsp3) is 0.333. The van der Waals surface area contributed by atoms with Gasteiger partial charge in [-0.2, -0.15) is 0 Å². The van der Waals surface area contributed by atoms with Crippen LogP contribution in [0.3, 0.4) is 0 Å². The number of carbonyl (C=O) groups excluding carboxylic acids is 1. The van der Waals surface area contributed by atoms with Crippen LogP contribution in [0.1, 0.15) is 12.8 Å². The number of fused-ring (bicyclic) bond motifs is 1. The third-order valence-electron chi connectivity index (χ3n) is 2.29. The summed E-state index contributed by atoms with van der Waals surface area (Å²) >= 11 is 3.34. The summed E-state index contributed by atoms with van der Waals surface area (Å²) in [5, 5.41) is 2.65. The first-order valence-electron chi connectivity index (χ1n) is 5.20. The number of nitrogens with zero attached hydrogens (tertiary/aromatic N) is 1. The van der Waals surface area contributed by atoms with Crippen LogP contribution < -0.4 is 15.3 Å². The van der Waals surface area contributed by atoms with Crippen molar-refractivity contribution in [2.24, 2.45) is 4.99 Å². The molecule has 0 N–H and O–H groups in total. The van der Waals surface area contributed by atoms with Crippen molar-refractivity contribution in [2.45, 2.75) is 12.8 Å². The second kappa shape index (κ2) is 5.25. The summed E-state index contributed by atoms with van der Waals surface area (Å²) in [7, 11) is 0. The average Bonchev–Trinajstić information content (AvgIpc) is 2.29. The number of hydrogen-bond acceptors (Lipinski definition) is 2. The zero-order valence-corrected chi connectivity index (χ0v) is 10.4. The van der Waals surface area contributed by atoms with E-state index in [1.54, 1.807) is 0 Å². The molecule has 1 amide bonds. The molecule has 1 aliphatic rings. The number of benzene rings is 1. The molecule has 4 heteroatoms. The van der Waals surface area contributed by atoms with Gasteiger partial charge in [0.15, 0.2) is 0 Å². The lowest BCUT2D eigenvalue weighted by Gasteiger charge is -2.05. The van der Waals surface area contributed by atoms with Gasteiger partial charge in [-0.1, -0.05) is 22.0 Å². The van der Waals surface area contributed by atoms with Crippen LogP contribution in [0, 0.1) is 0 Å². The first-order chi connectivity index (χ1) is 7.79. The van der Waals surface area contributed by atoms with E-state index in [1.807, 2.05) is 24.3 Å². The molecule has 0 saturated carbocycles. The highest BCUT2D eigenvalue weighted by molar-refractivity contribution is 9.09. The van der Waals surface area contributed by atoms with Crippen molar-refractivity contribution in [3.05, 3.63) is 28.8 Å². The van der Waals surface area contributed by atoms with Gasteiger partial charge in [-0.3, -0.25) is 4.79 Å². The standard InChI is InChI=1S/C12H12BrNO2/c13-6-1-7-16-10-4-2-9-3-5-12(15)14-11(9)8-10/h2-4,8H,1,5-7H2. The quantitative estimate of drug-likeness (QED) is 0.614. The predicted octanol–water partition coefficient (Wildman–Crippen LogP) is 1.18. The van der Waals surface area contributed by atoms with Gasteiger partial charge in [-0.05, 0) is 23.8 Å². The van der Waals surface area contributed by atoms with Crippen LogP contribution in [0.25, 0.3) is 6.08 Å². The number of carbonyl (C=O) groups is 1.